The lowest BCUT2D eigenvalue weighted by Gasteiger charge is -2.03. The Hall–Kier alpha value is -2.91. The van der Waals surface area contributed by atoms with Crippen molar-refractivity contribution in [3.63, 3.8) is 0 Å². The van der Waals surface area contributed by atoms with Gasteiger partial charge in [-0.1, -0.05) is 24.0 Å². The van der Waals surface area contributed by atoms with E-state index in [0.717, 1.165) is 17.8 Å². The van der Waals surface area contributed by atoms with E-state index in [-0.39, 0.29) is 22.8 Å². The number of hydrogen-bond acceptors (Lipinski definition) is 6. The minimum Gasteiger partial charge on any atom is -0.478 e. The Bertz CT molecular complexity index is 959. The van der Waals surface area contributed by atoms with Gasteiger partial charge in [0.15, 0.2) is 0 Å². The fraction of sp³-hybridized carbons (Fsp3) is 0.0588. The number of benzene rings is 1. The van der Waals surface area contributed by atoms with Crippen molar-refractivity contribution in [1.29, 1.82) is 0 Å². The van der Waals surface area contributed by atoms with Gasteiger partial charge in [0.05, 0.1) is 16.0 Å². The second-order valence-corrected chi connectivity index (χ2v) is 7.03. The number of hydrogen-bond donors (Lipinski definition) is 2. The second kappa shape index (κ2) is 6.77. The second-order valence-electron chi connectivity index (χ2n) is 5.35. The number of carboxylic acid groups (broad SMARTS) is 2. The van der Waals surface area contributed by atoms with Crippen molar-refractivity contribution in [2.75, 3.05) is 7.05 Å². The quantitative estimate of drug-likeness (QED) is 0.606. The van der Waals surface area contributed by atoms with Crippen molar-refractivity contribution in [3.8, 4) is 11.3 Å². The predicted octanol–water partition coefficient (Wildman–Crippen LogP) is 3.17. The minimum absolute atomic E-state index is 0.162. The third-order valence-corrected chi connectivity index (χ3v) is 5.08. The van der Waals surface area contributed by atoms with Crippen molar-refractivity contribution >= 4 is 52.2 Å². The molecule has 1 aliphatic rings. The highest BCUT2D eigenvalue weighted by molar-refractivity contribution is 8.26. The number of thioether (sulfide) groups is 1. The molecule has 1 fully saturated rings. The first-order valence-corrected chi connectivity index (χ1v) is 8.42. The Balaban J connectivity index is 1.98. The molecule has 3 rings (SSSR count). The number of rotatable bonds is 4. The van der Waals surface area contributed by atoms with Crippen molar-refractivity contribution in [1.82, 2.24) is 4.90 Å². The number of nitrogens with zero attached hydrogens (tertiary/aromatic N) is 1. The van der Waals surface area contributed by atoms with Gasteiger partial charge in [-0.05, 0) is 30.3 Å². The summed E-state index contributed by atoms with van der Waals surface area (Å²) in [4.78, 5) is 36.2. The highest BCUT2D eigenvalue weighted by Gasteiger charge is 2.29. The van der Waals surface area contributed by atoms with Crippen LogP contribution in [0.4, 0.5) is 0 Å². The molecule has 1 amide bonds. The van der Waals surface area contributed by atoms with Gasteiger partial charge in [-0.25, -0.2) is 9.59 Å². The maximum absolute atomic E-state index is 12.0. The van der Waals surface area contributed by atoms with Crippen molar-refractivity contribution in [2.45, 2.75) is 0 Å². The fourth-order valence-electron chi connectivity index (χ4n) is 2.28. The van der Waals surface area contributed by atoms with Crippen LogP contribution in [0.2, 0.25) is 0 Å². The van der Waals surface area contributed by atoms with Crippen LogP contribution in [0.25, 0.3) is 17.4 Å². The largest absolute Gasteiger partial charge is 0.478 e. The number of carbonyl (C=O) groups is 3. The zero-order valence-corrected chi connectivity index (χ0v) is 14.9. The average Bonchev–Trinajstić information content (AvgIpc) is 3.16. The molecule has 26 heavy (non-hydrogen) atoms. The van der Waals surface area contributed by atoms with Gasteiger partial charge in [-0.3, -0.25) is 9.69 Å². The zero-order chi connectivity index (χ0) is 19.0. The van der Waals surface area contributed by atoms with Gasteiger partial charge >= 0.3 is 11.9 Å². The number of amides is 1. The van der Waals surface area contributed by atoms with Crippen molar-refractivity contribution in [3.05, 3.63) is 52.1 Å². The molecule has 7 nitrogen and oxygen atoms in total. The van der Waals surface area contributed by atoms with Crippen molar-refractivity contribution < 1.29 is 29.0 Å². The molecule has 1 aromatic heterocycles. The Kier molecular flexibility index (Phi) is 4.66. The van der Waals surface area contributed by atoms with Gasteiger partial charge in [-0.15, -0.1) is 0 Å². The third-order valence-electron chi connectivity index (χ3n) is 3.60. The summed E-state index contributed by atoms with van der Waals surface area (Å²) < 4.78 is 6.07. The van der Waals surface area contributed by atoms with Gasteiger partial charge in [0, 0.05) is 18.7 Å². The van der Waals surface area contributed by atoms with Crippen LogP contribution in [-0.2, 0) is 4.79 Å². The van der Waals surface area contributed by atoms with Crippen LogP contribution in [-0.4, -0.2) is 44.3 Å². The lowest BCUT2D eigenvalue weighted by molar-refractivity contribution is -0.121. The number of likely N-dealkylation sites (N-methyl/N-ethyl adjacent to an activating group) is 1. The molecule has 0 aliphatic carbocycles. The fourth-order valence-corrected chi connectivity index (χ4v) is 3.44. The van der Waals surface area contributed by atoms with Crippen LogP contribution < -0.4 is 0 Å². The molecule has 1 saturated heterocycles. The van der Waals surface area contributed by atoms with E-state index in [1.54, 1.807) is 19.2 Å². The Morgan fingerprint density at radius 1 is 1.15 bits per heavy atom. The monoisotopic (exact) mass is 389 g/mol. The molecule has 132 valence electrons. The van der Waals surface area contributed by atoms with Gasteiger partial charge in [0.25, 0.3) is 5.91 Å². The van der Waals surface area contributed by atoms with Crippen LogP contribution in [0.3, 0.4) is 0 Å². The summed E-state index contributed by atoms with van der Waals surface area (Å²) in [7, 11) is 1.58. The minimum atomic E-state index is -1.24. The van der Waals surface area contributed by atoms with E-state index >= 15 is 0 Å². The van der Waals surface area contributed by atoms with Crippen molar-refractivity contribution in [2.24, 2.45) is 0 Å². The Morgan fingerprint density at radius 2 is 1.77 bits per heavy atom. The van der Waals surface area contributed by atoms with Gasteiger partial charge < -0.3 is 14.6 Å². The maximum atomic E-state index is 12.0. The number of furan rings is 1. The molecule has 0 unspecified atom stereocenters. The highest BCUT2D eigenvalue weighted by Crippen LogP contribution is 2.33. The first kappa shape index (κ1) is 17.9. The van der Waals surface area contributed by atoms with Crippen LogP contribution in [0.5, 0.6) is 0 Å². The molecule has 1 aliphatic heterocycles. The lowest BCUT2D eigenvalue weighted by Crippen LogP contribution is -2.22. The molecular weight excluding hydrogens is 378 g/mol. The first-order valence-electron chi connectivity index (χ1n) is 7.19. The van der Waals surface area contributed by atoms with E-state index in [9.17, 15) is 14.4 Å². The lowest BCUT2D eigenvalue weighted by atomic mass is 10.0. The molecule has 2 aromatic rings. The molecular formula is C17H11NO6S2. The number of carboxylic acids is 2. The molecule has 0 saturated carbocycles. The van der Waals surface area contributed by atoms with Crippen LogP contribution in [0.1, 0.15) is 26.5 Å². The molecule has 2 heterocycles. The van der Waals surface area contributed by atoms with E-state index in [1.807, 2.05) is 0 Å². The summed E-state index contributed by atoms with van der Waals surface area (Å²) >= 11 is 6.20. The molecule has 0 radical (unpaired) electrons. The summed E-state index contributed by atoms with van der Waals surface area (Å²) in [5, 5.41) is 18.3. The smallest absolute Gasteiger partial charge is 0.335 e. The normalized spacial score (nSPS) is 15.7. The summed E-state index contributed by atoms with van der Waals surface area (Å²) in [5.41, 5.74) is -0.0144. The van der Waals surface area contributed by atoms with E-state index in [4.69, 9.17) is 26.8 Å². The average molecular weight is 389 g/mol. The maximum Gasteiger partial charge on any atom is 0.335 e. The molecule has 0 bridgehead atoms. The van der Waals surface area contributed by atoms with Gasteiger partial charge in [0.1, 0.15) is 15.8 Å². The molecule has 0 spiro atoms. The van der Waals surface area contributed by atoms with E-state index in [1.165, 1.54) is 23.1 Å². The number of carbonyl (C=O) groups excluding carboxylic acids is 1. The first-order chi connectivity index (χ1) is 12.3. The molecule has 9 heteroatoms. The topological polar surface area (TPSA) is 108 Å². The summed E-state index contributed by atoms with van der Waals surface area (Å²) in [6, 6.07) is 6.90. The summed E-state index contributed by atoms with van der Waals surface area (Å²) in [6.07, 6.45) is 1.53. The number of thiocarbonyl (C=S) groups is 1. The van der Waals surface area contributed by atoms with Gasteiger partial charge in [-0.2, -0.15) is 0 Å². The zero-order valence-electron chi connectivity index (χ0n) is 13.3. The van der Waals surface area contributed by atoms with Gasteiger partial charge in [0.2, 0.25) is 0 Å². The molecule has 2 N–H and O–H groups in total. The predicted molar refractivity (Wildman–Crippen MR) is 99.0 cm³/mol. The van der Waals surface area contributed by atoms with E-state index < -0.39 is 11.9 Å². The molecule has 0 atom stereocenters. The summed E-state index contributed by atoms with van der Waals surface area (Å²) in [5.74, 6) is -2.07. The van der Waals surface area contributed by atoms with Crippen LogP contribution >= 0.6 is 24.0 Å². The van der Waals surface area contributed by atoms with E-state index in [2.05, 4.69) is 0 Å². The third kappa shape index (κ3) is 3.39. The Labute approximate surface area is 156 Å². The standard InChI is InChI=1S/C17H11NO6S2/c1-18-14(19)13(26-17(18)25)7-11-2-3-12(24-11)8-4-9(15(20)21)6-10(5-8)16(22)23/h2-7H,1H3,(H,20,21)(H,22,23)/b13-7+. The van der Waals surface area contributed by atoms with Crippen LogP contribution in [0.15, 0.2) is 39.7 Å². The van der Waals surface area contributed by atoms with Crippen LogP contribution in [0, 0.1) is 0 Å². The molecule has 1 aromatic carbocycles. The SMILES string of the molecule is CN1C(=O)/C(=C\c2ccc(-c3cc(C(=O)O)cc(C(=O)O)c3)o2)SC1=S. The Morgan fingerprint density at radius 3 is 2.27 bits per heavy atom. The van der Waals surface area contributed by atoms with E-state index in [0.29, 0.717) is 20.5 Å². The summed E-state index contributed by atoms with van der Waals surface area (Å²) in [6.45, 7) is 0. The number of aromatic carboxylic acids is 2. The highest BCUT2D eigenvalue weighted by atomic mass is 32.2.